The van der Waals surface area contributed by atoms with Crippen LogP contribution in [0.3, 0.4) is 0 Å². The molecule has 80 valence electrons. The highest BCUT2D eigenvalue weighted by Crippen LogP contribution is 2.33. The lowest BCUT2D eigenvalue weighted by Crippen LogP contribution is -2.21. The van der Waals surface area contributed by atoms with E-state index < -0.39 is 0 Å². The van der Waals surface area contributed by atoms with Gasteiger partial charge in [0.1, 0.15) is 5.78 Å². The molecule has 2 atom stereocenters. The number of rotatable bonds is 1. The van der Waals surface area contributed by atoms with Crippen molar-refractivity contribution >= 4 is 5.78 Å². The summed E-state index contributed by atoms with van der Waals surface area (Å²) in [7, 11) is 0. The fourth-order valence-electron chi connectivity index (χ4n) is 2.28. The van der Waals surface area contributed by atoms with Crippen LogP contribution in [-0.4, -0.2) is 5.78 Å². The predicted octanol–water partition coefficient (Wildman–Crippen LogP) is 3.47. The highest BCUT2D eigenvalue weighted by molar-refractivity contribution is 5.82. The van der Waals surface area contributed by atoms with Gasteiger partial charge in [-0.1, -0.05) is 36.8 Å². The van der Waals surface area contributed by atoms with Gasteiger partial charge in [-0.05, 0) is 31.2 Å². The molecule has 2 rings (SSSR count). The highest BCUT2D eigenvalue weighted by atomic mass is 16.1. The van der Waals surface area contributed by atoms with Gasteiger partial charge in [0.05, 0.1) is 0 Å². The molecule has 0 bridgehead atoms. The summed E-state index contributed by atoms with van der Waals surface area (Å²) >= 11 is 0. The van der Waals surface area contributed by atoms with E-state index in [2.05, 4.69) is 31.2 Å². The second-order valence-corrected chi connectivity index (χ2v) is 4.76. The van der Waals surface area contributed by atoms with Crippen molar-refractivity contribution in [3.8, 4) is 0 Å². The van der Waals surface area contributed by atoms with Crippen molar-refractivity contribution in [3.63, 3.8) is 0 Å². The average Bonchev–Trinajstić information content (AvgIpc) is 2.23. The van der Waals surface area contributed by atoms with Gasteiger partial charge in [-0.25, -0.2) is 0 Å². The molecule has 15 heavy (non-hydrogen) atoms. The molecule has 1 heteroatoms. The minimum atomic E-state index is 0.284. The summed E-state index contributed by atoms with van der Waals surface area (Å²) in [6.45, 7) is 4.14. The molecule has 0 unspecified atom stereocenters. The van der Waals surface area contributed by atoms with Crippen LogP contribution in [0.5, 0.6) is 0 Å². The number of carbonyl (C=O) groups is 1. The normalized spacial score (nSPS) is 26.7. The molecule has 0 spiro atoms. The van der Waals surface area contributed by atoms with E-state index in [0.717, 1.165) is 19.3 Å². The van der Waals surface area contributed by atoms with Crippen LogP contribution in [0.4, 0.5) is 0 Å². The van der Waals surface area contributed by atoms with Crippen molar-refractivity contribution in [1.29, 1.82) is 0 Å². The molecule has 0 heterocycles. The van der Waals surface area contributed by atoms with Crippen LogP contribution < -0.4 is 0 Å². The third-order valence-corrected chi connectivity index (χ3v) is 3.49. The Bertz CT molecular complexity index is 350. The van der Waals surface area contributed by atoms with Crippen LogP contribution in [0.25, 0.3) is 0 Å². The summed E-state index contributed by atoms with van der Waals surface area (Å²) in [6, 6.07) is 8.61. The van der Waals surface area contributed by atoms with Crippen molar-refractivity contribution in [2.75, 3.05) is 0 Å². The van der Waals surface area contributed by atoms with E-state index in [9.17, 15) is 4.79 Å². The maximum absolute atomic E-state index is 11.6. The Morgan fingerprint density at radius 3 is 2.40 bits per heavy atom. The topological polar surface area (TPSA) is 17.1 Å². The van der Waals surface area contributed by atoms with E-state index in [1.807, 2.05) is 6.92 Å². The minimum Gasteiger partial charge on any atom is -0.299 e. The van der Waals surface area contributed by atoms with Crippen LogP contribution in [0.1, 0.15) is 43.2 Å². The number of aryl methyl sites for hydroxylation is 1. The van der Waals surface area contributed by atoms with Gasteiger partial charge in [0.15, 0.2) is 0 Å². The van der Waals surface area contributed by atoms with E-state index in [0.29, 0.717) is 11.7 Å². The quantitative estimate of drug-likeness (QED) is 0.681. The Balaban J connectivity index is 2.12. The third-order valence-electron chi connectivity index (χ3n) is 3.49. The molecule has 1 aromatic rings. The molecule has 0 radical (unpaired) electrons. The largest absolute Gasteiger partial charge is 0.299 e. The van der Waals surface area contributed by atoms with E-state index in [1.54, 1.807) is 0 Å². The number of ketones is 1. The zero-order chi connectivity index (χ0) is 10.8. The first kappa shape index (κ1) is 10.4. The Hall–Kier alpha value is -1.11. The summed E-state index contributed by atoms with van der Waals surface area (Å²) in [5.41, 5.74) is 2.62. The van der Waals surface area contributed by atoms with Crippen molar-refractivity contribution in [2.45, 2.75) is 39.0 Å². The SMILES string of the molecule is Cc1ccc([C@@H]2CC[C@@H](C)C(=O)C2)cc1. The molecule has 0 aliphatic heterocycles. The molecular weight excluding hydrogens is 184 g/mol. The highest BCUT2D eigenvalue weighted by Gasteiger charge is 2.25. The second kappa shape index (κ2) is 4.18. The smallest absolute Gasteiger partial charge is 0.136 e. The summed E-state index contributed by atoms with van der Waals surface area (Å²) in [4.78, 5) is 11.6. The molecule has 0 N–H and O–H groups in total. The molecule has 1 nitrogen and oxygen atoms in total. The standard InChI is InChI=1S/C14H18O/c1-10-3-6-12(7-4-10)13-8-5-11(2)14(15)9-13/h3-4,6-7,11,13H,5,8-9H2,1-2H3/t11-,13-/m1/s1. The van der Waals surface area contributed by atoms with E-state index in [-0.39, 0.29) is 5.92 Å². The zero-order valence-electron chi connectivity index (χ0n) is 9.49. The minimum absolute atomic E-state index is 0.284. The van der Waals surface area contributed by atoms with Gasteiger partial charge in [0.2, 0.25) is 0 Å². The molecular formula is C14H18O. The van der Waals surface area contributed by atoms with Gasteiger partial charge in [-0.3, -0.25) is 4.79 Å². The number of carbonyl (C=O) groups excluding carboxylic acids is 1. The predicted molar refractivity (Wildman–Crippen MR) is 61.9 cm³/mol. The summed E-state index contributed by atoms with van der Waals surface area (Å²) in [5.74, 6) is 1.19. The van der Waals surface area contributed by atoms with Crippen molar-refractivity contribution in [3.05, 3.63) is 35.4 Å². The molecule has 1 aromatic carbocycles. The summed E-state index contributed by atoms with van der Waals surface area (Å²) < 4.78 is 0. The number of Topliss-reactive ketones (excluding diaryl/α,β-unsaturated/α-hetero) is 1. The molecule has 1 aliphatic rings. The Labute approximate surface area is 91.5 Å². The van der Waals surface area contributed by atoms with Crippen LogP contribution in [0.2, 0.25) is 0 Å². The third kappa shape index (κ3) is 2.28. The van der Waals surface area contributed by atoms with Crippen LogP contribution >= 0.6 is 0 Å². The van der Waals surface area contributed by atoms with Gasteiger partial charge in [-0.15, -0.1) is 0 Å². The first-order valence-corrected chi connectivity index (χ1v) is 5.76. The Kier molecular flexibility index (Phi) is 2.90. The first-order chi connectivity index (χ1) is 7.16. The second-order valence-electron chi connectivity index (χ2n) is 4.76. The Morgan fingerprint density at radius 1 is 1.13 bits per heavy atom. The number of benzene rings is 1. The lowest BCUT2D eigenvalue weighted by atomic mass is 9.78. The maximum Gasteiger partial charge on any atom is 0.136 e. The molecule has 0 amide bonds. The van der Waals surface area contributed by atoms with Gasteiger partial charge in [-0.2, -0.15) is 0 Å². The van der Waals surface area contributed by atoms with E-state index in [1.165, 1.54) is 11.1 Å². The van der Waals surface area contributed by atoms with Crippen LogP contribution in [0.15, 0.2) is 24.3 Å². The monoisotopic (exact) mass is 202 g/mol. The van der Waals surface area contributed by atoms with Crippen LogP contribution in [0, 0.1) is 12.8 Å². The Morgan fingerprint density at radius 2 is 1.80 bits per heavy atom. The molecule has 1 fully saturated rings. The van der Waals surface area contributed by atoms with Gasteiger partial charge < -0.3 is 0 Å². The lowest BCUT2D eigenvalue weighted by molar-refractivity contribution is -0.124. The van der Waals surface area contributed by atoms with E-state index in [4.69, 9.17) is 0 Å². The number of hydrogen-bond acceptors (Lipinski definition) is 1. The average molecular weight is 202 g/mol. The fourth-order valence-corrected chi connectivity index (χ4v) is 2.28. The lowest BCUT2D eigenvalue weighted by Gasteiger charge is -2.25. The zero-order valence-corrected chi connectivity index (χ0v) is 9.49. The number of hydrogen-bond donors (Lipinski definition) is 0. The fraction of sp³-hybridized carbons (Fsp3) is 0.500. The van der Waals surface area contributed by atoms with E-state index >= 15 is 0 Å². The van der Waals surface area contributed by atoms with Crippen molar-refractivity contribution in [2.24, 2.45) is 5.92 Å². The molecule has 1 saturated carbocycles. The van der Waals surface area contributed by atoms with Crippen molar-refractivity contribution in [1.82, 2.24) is 0 Å². The molecule has 0 saturated heterocycles. The first-order valence-electron chi connectivity index (χ1n) is 5.76. The summed E-state index contributed by atoms with van der Waals surface area (Å²) in [5, 5.41) is 0. The summed E-state index contributed by atoms with van der Waals surface area (Å²) in [6.07, 6.45) is 2.96. The van der Waals surface area contributed by atoms with Crippen LogP contribution in [-0.2, 0) is 4.79 Å². The van der Waals surface area contributed by atoms with Gasteiger partial charge in [0, 0.05) is 12.3 Å². The molecule has 0 aromatic heterocycles. The van der Waals surface area contributed by atoms with Gasteiger partial charge in [0.25, 0.3) is 0 Å². The maximum atomic E-state index is 11.6. The molecule has 1 aliphatic carbocycles. The van der Waals surface area contributed by atoms with Crippen molar-refractivity contribution < 1.29 is 4.79 Å². The van der Waals surface area contributed by atoms with Gasteiger partial charge >= 0.3 is 0 Å².